The van der Waals surface area contributed by atoms with Gasteiger partial charge >= 0.3 is 0 Å². The topological polar surface area (TPSA) is 38.3 Å². The molecule has 0 unspecified atom stereocenters. The van der Waals surface area contributed by atoms with Gasteiger partial charge in [0.2, 0.25) is 0 Å². The number of carbonyl (C=O) groups is 1. The third kappa shape index (κ3) is 3.35. The van der Waals surface area contributed by atoms with Crippen LogP contribution in [-0.4, -0.2) is 20.4 Å². The number of benzene rings is 1. The van der Waals surface area contributed by atoms with Crippen LogP contribution >= 0.6 is 0 Å². The fourth-order valence-corrected chi connectivity index (χ4v) is 2.97. The highest BCUT2D eigenvalue weighted by atomic mass is 16.5. The Morgan fingerprint density at radius 3 is 2.63 bits per heavy atom. The van der Waals surface area contributed by atoms with Crippen molar-refractivity contribution in [3.8, 4) is 5.75 Å². The van der Waals surface area contributed by atoms with Crippen molar-refractivity contribution in [3.05, 3.63) is 29.3 Å². The first-order valence-electron chi connectivity index (χ1n) is 7.05. The first kappa shape index (κ1) is 14.1. The highest BCUT2D eigenvalue weighted by Crippen LogP contribution is 2.36. The number of rotatable bonds is 5. The minimum absolute atomic E-state index is 0.284. The van der Waals surface area contributed by atoms with Crippen LogP contribution in [-0.2, 0) is 11.3 Å². The van der Waals surface area contributed by atoms with E-state index in [1.807, 2.05) is 7.05 Å². The molecule has 1 N–H and O–H groups in total. The summed E-state index contributed by atoms with van der Waals surface area (Å²) >= 11 is 0. The van der Waals surface area contributed by atoms with E-state index in [1.165, 1.54) is 11.1 Å². The molecule has 1 aromatic carbocycles. The van der Waals surface area contributed by atoms with Crippen molar-refractivity contribution in [1.82, 2.24) is 5.32 Å². The van der Waals surface area contributed by atoms with Crippen molar-refractivity contribution in [2.24, 2.45) is 5.92 Å². The van der Waals surface area contributed by atoms with Crippen LogP contribution < -0.4 is 10.1 Å². The van der Waals surface area contributed by atoms with E-state index >= 15 is 0 Å². The van der Waals surface area contributed by atoms with Crippen molar-refractivity contribution in [1.29, 1.82) is 0 Å². The van der Waals surface area contributed by atoms with Gasteiger partial charge in [-0.1, -0.05) is 12.1 Å². The fraction of sp³-hybridized carbons (Fsp3) is 0.562. The summed E-state index contributed by atoms with van der Waals surface area (Å²) in [6.07, 6.45) is 5.42. The number of aldehydes is 1. The zero-order valence-corrected chi connectivity index (χ0v) is 11.8. The van der Waals surface area contributed by atoms with Gasteiger partial charge in [0.05, 0.1) is 7.11 Å². The van der Waals surface area contributed by atoms with Gasteiger partial charge in [-0.15, -0.1) is 0 Å². The molecule has 0 amide bonds. The Hall–Kier alpha value is -1.35. The molecule has 0 saturated heterocycles. The van der Waals surface area contributed by atoms with E-state index in [4.69, 9.17) is 4.74 Å². The maximum Gasteiger partial charge on any atom is 0.123 e. The Morgan fingerprint density at radius 2 is 2.05 bits per heavy atom. The molecule has 3 heteroatoms. The monoisotopic (exact) mass is 261 g/mol. The third-order valence-corrected chi connectivity index (χ3v) is 4.11. The van der Waals surface area contributed by atoms with Crippen molar-refractivity contribution < 1.29 is 9.53 Å². The predicted molar refractivity (Wildman–Crippen MR) is 76.5 cm³/mol. The average Bonchev–Trinajstić information content (AvgIpc) is 2.47. The number of ether oxygens (including phenoxy) is 1. The van der Waals surface area contributed by atoms with E-state index in [9.17, 15) is 4.79 Å². The van der Waals surface area contributed by atoms with E-state index in [2.05, 4.69) is 23.5 Å². The van der Waals surface area contributed by atoms with Crippen LogP contribution in [0.15, 0.2) is 18.2 Å². The molecule has 0 aromatic heterocycles. The zero-order valence-electron chi connectivity index (χ0n) is 11.8. The predicted octanol–water partition coefficient (Wildman–Crippen LogP) is 2.89. The van der Waals surface area contributed by atoms with Gasteiger partial charge in [-0.3, -0.25) is 0 Å². The SMILES string of the molecule is CNCc1cc([C@H]2CC[C@H](C=O)CC2)ccc1OC. The molecule has 1 aromatic rings. The van der Waals surface area contributed by atoms with Crippen LogP contribution in [0.3, 0.4) is 0 Å². The molecule has 3 nitrogen and oxygen atoms in total. The second-order valence-corrected chi connectivity index (χ2v) is 5.35. The molecule has 0 aliphatic heterocycles. The molecule has 0 atom stereocenters. The molecule has 19 heavy (non-hydrogen) atoms. The maximum absolute atomic E-state index is 10.8. The first-order valence-corrected chi connectivity index (χ1v) is 7.05. The van der Waals surface area contributed by atoms with E-state index in [-0.39, 0.29) is 5.92 Å². The second-order valence-electron chi connectivity index (χ2n) is 5.35. The van der Waals surface area contributed by atoms with Gasteiger partial charge in [-0.25, -0.2) is 0 Å². The van der Waals surface area contributed by atoms with Crippen LogP contribution in [0.4, 0.5) is 0 Å². The molecule has 0 bridgehead atoms. The number of hydrogen-bond acceptors (Lipinski definition) is 3. The number of nitrogens with one attached hydrogen (secondary N) is 1. The van der Waals surface area contributed by atoms with Gasteiger partial charge in [0.25, 0.3) is 0 Å². The van der Waals surface area contributed by atoms with Gasteiger partial charge in [-0.2, -0.15) is 0 Å². The van der Waals surface area contributed by atoms with Crippen LogP contribution in [0.5, 0.6) is 5.75 Å². The lowest BCUT2D eigenvalue weighted by Gasteiger charge is -2.26. The number of carbonyl (C=O) groups excluding carboxylic acids is 1. The highest BCUT2D eigenvalue weighted by Gasteiger charge is 2.22. The maximum atomic E-state index is 10.8. The van der Waals surface area contributed by atoms with E-state index in [0.29, 0.717) is 5.92 Å². The largest absolute Gasteiger partial charge is 0.496 e. The van der Waals surface area contributed by atoms with E-state index in [0.717, 1.165) is 44.3 Å². The lowest BCUT2D eigenvalue weighted by molar-refractivity contribution is -0.111. The van der Waals surface area contributed by atoms with Crippen LogP contribution in [0, 0.1) is 5.92 Å². The van der Waals surface area contributed by atoms with E-state index < -0.39 is 0 Å². The average molecular weight is 261 g/mol. The van der Waals surface area contributed by atoms with Gasteiger partial charge < -0.3 is 14.8 Å². The van der Waals surface area contributed by atoms with Crippen molar-refractivity contribution in [3.63, 3.8) is 0 Å². The van der Waals surface area contributed by atoms with Gasteiger partial charge in [-0.05, 0) is 50.3 Å². The summed E-state index contributed by atoms with van der Waals surface area (Å²) in [5, 5.41) is 3.18. The van der Waals surface area contributed by atoms with E-state index in [1.54, 1.807) is 7.11 Å². The normalized spacial score (nSPS) is 23.1. The second kappa shape index (κ2) is 6.71. The quantitative estimate of drug-likeness (QED) is 0.828. The third-order valence-electron chi connectivity index (χ3n) is 4.11. The van der Waals surface area contributed by atoms with Crippen molar-refractivity contribution >= 4 is 6.29 Å². The van der Waals surface area contributed by atoms with Crippen LogP contribution in [0.1, 0.15) is 42.7 Å². The van der Waals surface area contributed by atoms with Crippen LogP contribution in [0.25, 0.3) is 0 Å². The molecule has 0 spiro atoms. The minimum atomic E-state index is 0.284. The Labute approximate surface area is 115 Å². The standard InChI is InChI=1S/C16H23NO2/c1-17-10-15-9-14(7-8-16(15)19-2)13-5-3-12(11-18)4-6-13/h7-9,11-13,17H,3-6,10H2,1-2H3/t12-,13-. The molecule has 0 heterocycles. The lowest BCUT2D eigenvalue weighted by Crippen LogP contribution is -2.15. The number of hydrogen-bond donors (Lipinski definition) is 1. The summed E-state index contributed by atoms with van der Waals surface area (Å²) in [5.74, 6) is 1.82. The molecule has 0 radical (unpaired) electrons. The van der Waals surface area contributed by atoms with Gasteiger partial charge in [0, 0.05) is 18.0 Å². The summed E-state index contributed by atoms with van der Waals surface area (Å²) in [4.78, 5) is 10.8. The Morgan fingerprint density at radius 1 is 1.32 bits per heavy atom. The summed E-state index contributed by atoms with van der Waals surface area (Å²) in [6.45, 7) is 0.820. The summed E-state index contributed by atoms with van der Waals surface area (Å²) < 4.78 is 5.39. The molecular weight excluding hydrogens is 238 g/mol. The molecule has 104 valence electrons. The fourth-order valence-electron chi connectivity index (χ4n) is 2.97. The molecule has 1 aliphatic carbocycles. The van der Waals surface area contributed by atoms with Crippen molar-refractivity contribution in [2.45, 2.75) is 38.1 Å². The summed E-state index contributed by atoms with van der Waals surface area (Å²) in [5.41, 5.74) is 2.59. The lowest BCUT2D eigenvalue weighted by atomic mass is 9.79. The molecule has 1 aliphatic rings. The molecular formula is C16H23NO2. The number of methoxy groups -OCH3 is 1. The van der Waals surface area contributed by atoms with Crippen molar-refractivity contribution in [2.75, 3.05) is 14.2 Å². The Bertz CT molecular complexity index is 423. The van der Waals surface area contributed by atoms with Crippen LogP contribution in [0.2, 0.25) is 0 Å². The van der Waals surface area contributed by atoms with Gasteiger partial charge in [0.15, 0.2) is 0 Å². The molecule has 1 saturated carbocycles. The zero-order chi connectivity index (χ0) is 13.7. The summed E-state index contributed by atoms with van der Waals surface area (Å²) in [7, 11) is 3.66. The highest BCUT2D eigenvalue weighted by molar-refractivity contribution is 5.53. The first-order chi connectivity index (χ1) is 9.28. The van der Waals surface area contributed by atoms with Gasteiger partial charge in [0.1, 0.15) is 12.0 Å². The summed E-state index contributed by atoms with van der Waals surface area (Å²) in [6, 6.07) is 6.49. The smallest absolute Gasteiger partial charge is 0.123 e. The molecule has 1 fully saturated rings. The molecule has 2 rings (SSSR count). The Kier molecular flexibility index (Phi) is 4.97. The minimum Gasteiger partial charge on any atom is -0.496 e. The Balaban J connectivity index is 2.12.